The highest BCUT2D eigenvalue weighted by Crippen LogP contribution is 2.19. The fourth-order valence-electron chi connectivity index (χ4n) is 1.17. The molecule has 0 saturated carbocycles. The summed E-state index contributed by atoms with van der Waals surface area (Å²) in [6.07, 6.45) is 2.05. The molecule has 2 rings (SSSR count). The zero-order valence-electron chi connectivity index (χ0n) is 6.79. The SMILES string of the molecule is [CH2]c1nc2cc(SC)ccc2[nH]1. The van der Waals surface area contributed by atoms with Crippen molar-refractivity contribution in [2.45, 2.75) is 4.90 Å². The van der Waals surface area contributed by atoms with Crippen molar-refractivity contribution in [3.05, 3.63) is 30.9 Å². The van der Waals surface area contributed by atoms with Gasteiger partial charge in [0.05, 0.1) is 11.0 Å². The van der Waals surface area contributed by atoms with E-state index in [0.717, 1.165) is 16.9 Å². The first-order valence-corrected chi connectivity index (χ1v) is 4.88. The summed E-state index contributed by atoms with van der Waals surface area (Å²) in [5, 5.41) is 0. The van der Waals surface area contributed by atoms with Crippen LogP contribution in [0, 0.1) is 6.92 Å². The maximum absolute atomic E-state index is 4.24. The molecule has 0 aliphatic rings. The average molecular weight is 177 g/mol. The standard InChI is InChI=1S/C9H9N2S/c1-6-10-8-4-3-7(12-2)5-9(8)11-6/h3-5H,1H2,2H3,(H,10,11). The predicted octanol–water partition coefficient (Wildman–Crippen LogP) is 2.47. The van der Waals surface area contributed by atoms with Crippen molar-refractivity contribution in [2.75, 3.05) is 6.26 Å². The van der Waals surface area contributed by atoms with E-state index in [-0.39, 0.29) is 0 Å². The first-order chi connectivity index (χ1) is 5.79. The summed E-state index contributed by atoms with van der Waals surface area (Å²) in [5.41, 5.74) is 2.05. The average Bonchev–Trinajstić information content (AvgIpc) is 2.43. The first kappa shape index (κ1) is 7.68. The minimum atomic E-state index is 0.725. The van der Waals surface area contributed by atoms with Crippen LogP contribution in [0.2, 0.25) is 0 Å². The van der Waals surface area contributed by atoms with E-state index in [4.69, 9.17) is 0 Å². The van der Waals surface area contributed by atoms with Gasteiger partial charge in [-0.15, -0.1) is 11.8 Å². The van der Waals surface area contributed by atoms with Crippen molar-refractivity contribution in [3.63, 3.8) is 0 Å². The van der Waals surface area contributed by atoms with Crippen molar-refractivity contribution in [1.82, 2.24) is 9.97 Å². The normalized spacial score (nSPS) is 10.8. The van der Waals surface area contributed by atoms with Gasteiger partial charge in [-0.25, -0.2) is 4.98 Å². The number of imidazole rings is 1. The summed E-state index contributed by atoms with van der Waals surface area (Å²) in [4.78, 5) is 8.55. The van der Waals surface area contributed by atoms with Crippen LogP contribution in [-0.2, 0) is 0 Å². The second kappa shape index (κ2) is 2.83. The number of rotatable bonds is 1. The lowest BCUT2D eigenvalue weighted by atomic mass is 10.3. The molecule has 3 heteroatoms. The van der Waals surface area contributed by atoms with Gasteiger partial charge in [-0.3, -0.25) is 0 Å². The third-order valence-electron chi connectivity index (χ3n) is 1.74. The van der Waals surface area contributed by atoms with Crippen LogP contribution in [0.25, 0.3) is 11.0 Å². The maximum atomic E-state index is 4.24. The van der Waals surface area contributed by atoms with Crippen molar-refractivity contribution in [1.29, 1.82) is 0 Å². The monoisotopic (exact) mass is 177 g/mol. The number of hydrogen-bond donors (Lipinski definition) is 1. The van der Waals surface area contributed by atoms with Crippen molar-refractivity contribution < 1.29 is 0 Å². The Bertz CT molecular complexity index is 406. The van der Waals surface area contributed by atoms with E-state index in [1.807, 2.05) is 6.07 Å². The van der Waals surface area contributed by atoms with Crippen molar-refractivity contribution in [2.24, 2.45) is 0 Å². The zero-order chi connectivity index (χ0) is 8.55. The summed E-state index contributed by atoms with van der Waals surface area (Å²) >= 11 is 1.72. The van der Waals surface area contributed by atoms with Crippen molar-refractivity contribution in [3.8, 4) is 0 Å². The summed E-state index contributed by atoms with van der Waals surface area (Å²) in [6, 6.07) is 6.17. The molecule has 0 atom stereocenters. The highest BCUT2D eigenvalue weighted by molar-refractivity contribution is 7.98. The molecule has 1 heterocycles. The number of nitrogens with one attached hydrogen (secondary N) is 1. The van der Waals surface area contributed by atoms with Crippen LogP contribution in [-0.4, -0.2) is 16.2 Å². The van der Waals surface area contributed by atoms with E-state index < -0.39 is 0 Å². The molecule has 61 valence electrons. The Kier molecular flexibility index (Phi) is 1.81. The molecule has 2 aromatic rings. The Hall–Kier alpha value is -0.960. The molecule has 1 aromatic carbocycles. The lowest BCUT2D eigenvalue weighted by molar-refractivity contribution is 1.25. The molecule has 0 saturated heterocycles. The van der Waals surface area contributed by atoms with Crippen LogP contribution < -0.4 is 0 Å². The Balaban J connectivity index is 2.66. The zero-order valence-corrected chi connectivity index (χ0v) is 7.61. The molecule has 1 radical (unpaired) electrons. The molecule has 1 aromatic heterocycles. The highest BCUT2D eigenvalue weighted by atomic mass is 32.2. The van der Waals surface area contributed by atoms with E-state index in [1.54, 1.807) is 11.8 Å². The number of aromatic amines is 1. The molecule has 0 amide bonds. The third kappa shape index (κ3) is 1.20. The van der Waals surface area contributed by atoms with Gasteiger partial charge >= 0.3 is 0 Å². The van der Waals surface area contributed by atoms with Crippen LogP contribution in [0.4, 0.5) is 0 Å². The summed E-state index contributed by atoms with van der Waals surface area (Å²) in [7, 11) is 0. The van der Waals surface area contributed by atoms with Crippen molar-refractivity contribution >= 4 is 22.8 Å². The largest absolute Gasteiger partial charge is 0.342 e. The smallest absolute Gasteiger partial charge is 0.107 e. The van der Waals surface area contributed by atoms with Gasteiger partial charge in [-0.05, 0) is 24.5 Å². The van der Waals surface area contributed by atoms with Crippen LogP contribution in [0.5, 0.6) is 0 Å². The molecule has 0 bridgehead atoms. The fourth-order valence-corrected chi connectivity index (χ4v) is 1.60. The Morgan fingerprint density at radius 3 is 3.08 bits per heavy atom. The quantitative estimate of drug-likeness (QED) is 0.678. The number of aromatic nitrogens is 2. The van der Waals surface area contributed by atoms with Gasteiger partial charge in [0.2, 0.25) is 0 Å². The van der Waals surface area contributed by atoms with Gasteiger partial charge in [0.25, 0.3) is 0 Å². The Morgan fingerprint density at radius 1 is 1.50 bits per heavy atom. The van der Waals surface area contributed by atoms with Crippen LogP contribution in [0.1, 0.15) is 5.82 Å². The lowest BCUT2D eigenvalue weighted by Crippen LogP contribution is -1.71. The lowest BCUT2D eigenvalue weighted by Gasteiger charge is -1.93. The Labute approximate surface area is 75.4 Å². The molecule has 12 heavy (non-hydrogen) atoms. The minimum Gasteiger partial charge on any atom is -0.342 e. The second-order valence-electron chi connectivity index (χ2n) is 2.57. The van der Waals surface area contributed by atoms with E-state index in [1.165, 1.54) is 4.90 Å². The molecule has 1 N–H and O–H groups in total. The van der Waals surface area contributed by atoms with E-state index in [9.17, 15) is 0 Å². The van der Waals surface area contributed by atoms with Crippen LogP contribution in [0.3, 0.4) is 0 Å². The second-order valence-corrected chi connectivity index (χ2v) is 3.45. The van der Waals surface area contributed by atoms with Gasteiger partial charge in [0.15, 0.2) is 0 Å². The van der Waals surface area contributed by atoms with Gasteiger partial charge in [0, 0.05) is 11.8 Å². The van der Waals surface area contributed by atoms with Gasteiger partial charge in [-0.2, -0.15) is 0 Å². The first-order valence-electron chi connectivity index (χ1n) is 3.65. The van der Waals surface area contributed by atoms with Crippen LogP contribution in [0.15, 0.2) is 23.1 Å². The molecule has 0 spiro atoms. The number of fused-ring (bicyclic) bond motifs is 1. The van der Waals surface area contributed by atoms with E-state index in [2.05, 4.69) is 35.3 Å². The topological polar surface area (TPSA) is 28.7 Å². The van der Waals surface area contributed by atoms with E-state index in [0.29, 0.717) is 0 Å². The minimum absolute atomic E-state index is 0.725. The molecule has 0 fully saturated rings. The molecular formula is C9H9N2S. The molecular weight excluding hydrogens is 168 g/mol. The number of benzene rings is 1. The molecule has 0 unspecified atom stereocenters. The molecule has 2 nitrogen and oxygen atoms in total. The number of hydrogen-bond acceptors (Lipinski definition) is 2. The number of thioether (sulfide) groups is 1. The van der Waals surface area contributed by atoms with Gasteiger partial charge < -0.3 is 4.98 Å². The Morgan fingerprint density at radius 2 is 2.33 bits per heavy atom. The van der Waals surface area contributed by atoms with Gasteiger partial charge in [-0.1, -0.05) is 0 Å². The number of nitrogens with zero attached hydrogens (tertiary/aromatic N) is 1. The van der Waals surface area contributed by atoms with Gasteiger partial charge in [0.1, 0.15) is 5.82 Å². The van der Waals surface area contributed by atoms with E-state index >= 15 is 0 Å². The third-order valence-corrected chi connectivity index (χ3v) is 2.46. The van der Waals surface area contributed by atoms with Crippen LogP contribution >= 0.6 is 11.8 Å². The molecule has 0 aliphatic heterocycles. The summed E-state index contributed by atoms with van der Waals surface area (Å²) in [5.74, 6) is 0.725. The highest BCUT2D eigenvalue weighted by Gasteiger charge is 1.98. The number of H-pyrrole nitrogens is 1. The maximum Gasteiger partial charge on any atom is 0.107 e. The predicted molar refractivity (Wildman–Crippen MR) is 52.3 cm³/mol. The molecule has 0 aliphatic carbocycles. The summed E-state index contributed by atoms with van der Waals surface area (Å²) in [6.45, 7) is 3.74. The fraction of sp³-hybridized carbons (Fsp3) is 0.111. The summed E-state index contributed by atoms with van der Waals surface area (Å²) < 4.78 is 0.